The third kappa shape index (κ3) is 31.8. The number of aliphatic hydroxyl groups is 1. The summed E-state index contributed by atoms with van der Waals surface area (Å²) in [6.07, 6.45) is 42.7. The van der Waals surface area contributed by atoms with E-state index in [0.29, 0.717) is 55.9 Å². The van der Waals surface area contributed by atoms with Crippen molar-refractivity contribution >= 4 is 17.9 Å². The third-order valence-corrected chi connectivity index (χ3v) is 13.9. The van der Waals surface area contributed by atoms with Crippen molar-refractivity contribution in [1.29, 1.82) is 0 Å². The topological polar surface area (TPSA) is 137 Å². The highest BCUT2D eigenvalue weighted by Crippen LogP contribution is 2.39. The maximum atomic E-state index is 12.8. The van der Waals surface area contributed by atoms with Crippen LogP contribution < -0.4 is 0 Å². The Morgan fingerprint density at radius 2 is 0.738 bits per heavy atom. The fourth-order valence-electron chi connectivity index (χ4n) is 9.38. The predicted octanol–water partition coefficient (Wildman–Crippen LogP) is 13.9. The number of hydrogen-bond donors (Lipinski definition) is 1. The second-order valence-corrected chi connectivity index (χ2v) is 20.2. The van der Waals surface area contributed by atoms with Gasteiger partial charge >= 0.3 is 17.9 Å². The molecule has 0 aromatic heterocycles. The first kappa shape index (κ1) is 57.6. The average Bonchev–Trinajstić information content (AvgIpc) is 4.25. The summed E-state index contributed by atoms with van der Waals surface area (Å²) in [6, 6.07) is 0. The van der Waals surface area contributed by atoms with E-state index < -0.39 is 6.10 Å². The van der Waals surface area contributed by atoms with Gasteiger partial charge in [0.1, 0.15) is 13.2 Å². The van der Waals surface area contributed by atoms with Crippen LogP contribution in [0.3, 0.4) is 0 Å². The molecule has 10 nitrogen and oxygen atoms in total. The highest BCUT2D eigenvalue weighted by molar-refractivity contribution is 5.71. The molecule has 3 heterocycles. The van der Waals surface area contributed by atoms with Gasteiger partial charge < -0.3 is 33.5 Å². The molecule has 65 heavy (non-hydrogen) atoms. The van der Waals surface area contributed by atoms with E-state index in [0.717, 1.165) is 122 Å². The Morgan fingerprint density at radius 3 is 1.22 bits per heavy atom. The van der Waals surface area contributed by atoms with Gasteiger partial charge in [0.15, 0.2) is 6.10 Å². The molecule has 0 amide bonds. The molecule has 3 aliphatic rings. The summed E-state index contributed by atoms with van der Waals surface area (Å²) in [7, 11) is 0. The van der Waals surface area contributed by atoms with E-state index in [2.05, 4.69) is 20.8 Å². The second-order valence-electron chi connectivity index (χ2n) is 20.2. The molecule has 0 spiro atoms. The zero-order chi connectivity index (χ0) is 46.6. The summed E-state index contributed by atoms with van der Waals surface area (Å²) in [5, 5.41) is 10.4. The van der Waals surface area contributed by atoms with Gasteiger partial charge in [-0.1, -0.05) is 188 Å². The number of epoxide rings is 3. The van der Waals surface area contributed by atoms with Crippen molar-refractivity contribution in [2.45, 2.75) is 320 Å². The molecule has 8 atom stereocenters. The summed E-state index contributed by atoms with van der Waals surface area (Å²) in [5.74, 6) is -0.973. The first-order valence-corrected chi connectivity index (χ1v) is 28.0. The molecule has 0 aromatic carbocycles. The number of ether oxygens (including phenoxy) is 6. The highest BCUT2D eigenvalue weighted by Gasteiger charge is 2.47. The van der Waals surface area contributed by atoms with Crippen molar-refractivity contribution in [3.63, 3.8) is 0 Å². The third-order valence-electron chi connectivity index (χ3n) is 13.9. The Bertz CT molecular complexity index is 1150. The van der Waals surface area contributed by atoms with Crippen molar-refractivity contribution in [1.82, 2.24) is 0 Å². The molecule has 380 valence electrons. The SMILES string of the molecule is CCCCCCCCCCCCCCCC(=O)OC(COC(=O)CCCCCCCC(O)CCC1OC1CCCCC)COC(=O)CCCCCCCC1OC1CC1OC1CCCCC. The Hall–Kier alpha value is -1.75. The van der Waals surface area contributed by atoms with Gasteiger partial charge in [0.05, 0.1) is 42.7 Å². The monoisotopic (exact) mass is 921 g/mol. The largest absolute Gasteiger partial charge is 0.462 e. The van der Waals surface area contributed by atoms with Crippen LogP contribution >= 0.6 is 0 Å². The highest BCUT2D eigenvalue weighted by atomic mass is 16.6. The Balaban J connectivity index is 1.22. The molecule has 10 heteroatoms. The molecule has 8 unspecified atom stereocenters. The van der Waals surface area contributed by atoms with E-state index in [9.17, 15) is 19.5 Å². The molecule has 0 bridgehead atoms. The Morgan fingerprint density at radius 1 is 0.400 bits per heavy atom. The van der Waals surface area contributed by atoms with Gasteiger partial charge in [-0.15, -0.1) is 0 Å². The van der Waals surface area contributed by atoms with E-state index >= 15 is 0 Å². The summed E-state index contributed by atoms with van der Waals surface area (Å²) in [4.78, 5) is 38.2. The quantitative estimate of drug-likeness (QED) is 0.0272. The van der Waals surface area contributed by atoms with Gasteiger partial charge in [0, 0.05) is 25.7 Å². The van der Waals surface area contributed by atoms with Gasteiger partial charge in [0.2, 0.25) is 0 Å². The Kier molecular flexibility index (Phi) is 33.8. The zero-order valence-corrected chi connectivity index (χ0v) is 42.2. The van der Waals surface area contributed by atoms with Gasteiger partial charge in [-0.05, 0) is 57.8 Å². The summed E-state index contributed by atoms with van der Waals surface area (Å²) >= 11 is 0. The Labute approximate surface area is 397 Å². The molecule has 3 aliphatic heterocycles. The van der Waals surface area contributed by atoms with Crippen LogP contribution in [-0.2, 0) is 42.8 Å². The van der Waals surface area contributed by atoms with Crippen LogP contribution in [0.4, 0.5) is 0 Å². The number of carbonyl (C=O) groups excluding carboxylic acids is 3. The average molecular weight is 921 g/mol. The van der Waals surface area contributed by atoms with E-state index in [1.165, 1.54) is 109 Å². The van der Waals surface area contributed by atoms with E-state index in [-0.39, 0.29) is 37.2 Å². The molecule has 0 aromatic rings. The molecule has 3 saturated heterocycles. The minimum atomic E-state index is -0.811. The molecular formula is C55H100O10. The lowest BCUT2D eigenvalue weighted by molar-refractivity contribution is -0.167. The van der Waals surface area contributed by atoms with Crippen molar-refractivity contribution in [3.8, 4) is 0 Å². The molecule has 0 saturated carbocycles. The standard InChI is InChI=1S/C55H100O10/c1-4-7-10-11-12-13-14-15-16-17-18-23-32-39-55(59)62-46(43-60-53(57)37-30-24-19-21-28-33-45(56)40-41-50-47(63-50)34-26-8-5-2)44-61-54(58)38-31-25-20-22-29-36-49-52(65-49)42-51-48(64-51)35-27-9-6-3/h45-52,56H,4-44H2,1-3H3. The number of aliphatic hydroxyl groups excluding tert-OH is 1. The smallest absolute Gasteiger partial charge is 0.306 e. The van der Waals surface area contributed by atoms with Crippen LogP contribution in [0.2, 0.25) is 0 Å². The maximum absolute atomic E-state index is 12.8. The van der Waals surface area contributed by atoms with Gasteiger partial charge in [-0.2, -0.15) is 0 Å². The minimum absolute atomic E-state index is 0.108. The van der Waals surface area contributed by atoms with Gasteiger partial charge in [-0.25, -0.2) is 0 Å². The van der Waals surface area contributed by atoms with Crippen molar-refractivity contribution in [2.24, 2.45) is 0 Å². The first-order chi connectivity index (χ1) is 31.8. The number of rotatable bonds is 48. The van der Waals surface area contributed by atoms with Crippen molar-refractivity contribution in [2.75, 3.05) is 13.2 Å². The molecule has 0 radical (unpaired) electrons. The summed E-state index contributed by atoms with van der Waals surface area (Å²) < 4.78 is 34.4. The summed E-state index contributed by atoms with van der Waals surface area (Å²) in [5.41, 5.74) is 0. The number of carbonyl (C=O) groups is 3. The van der Waals surface area contributed by atoms with Crippen molar-refractivity contribution < 1.29 is 47.9 Å². The molecule has 0 aliphatic carbocycles. The lowest BCUT2D eigenvalue weighted by Crippen LogP contribution is -2.30. The predicted molar refractivity (Wildman–Crippen MR) is 261 cm³/mol. The van der Waals surface area contributed by atoms with Crippen LogP contribution in [-0.4, -0.2) is 85.1 Å². The number of hydrogen-bond acceptors (Lipinski definition) is 10. The lowest BCUT2D eigenvalue weighted by atomic mass is 10.0. The fraction of sp³-hybridized carbons (Fsp3) is 0.945. The van der Waals surface area contributed by atoms with Gasteiger partial charge in [-0.3, -0.25) is 14.4 Å². The molecule has 3 fully saturated rings. The lowest BCUT2D eigenvalue weighted by Gasteiger charge is -2.18. The van der Waals surface area contributed by atoms with Crippen LogP contribution in [0.1, 0.15) is 271 Å². The van der Waals surface area contributed by atoms with E-state index in [4.69, 9.17) is 28.4 Å². The molecule has 1 N–H and O–H groups in total. The zero-order valence-electron chi connectivity index (χ0n) is 42.2. The van der Waals surface area contributed by atoms with E-state index in [1.54, 1.807) is 0 Å². The molecular weight excluding hydrogens is 821 g/mol. The van der Waals surface area contributed by atoms with Gasteiger partial charge in [0.25, 0.3) is 0 Å². The van der Waals surface area contributed by atoms with Crippen molar-refractivity contribution in [3.05, 3.63) is 0 Å². The summed E-state index contributed by atoms with van der Waals surface area (Å²) in [6.45, 7) is 6.50. The normalized spacial score (nSPS) is 21.8. The second kappa shape index (κ2) is 38.1. The van der Waals surface area contributed by atoms with E-state index in [1.807, 2.05) is 0 Å². The van der Waals surface area contributed by atoms with Crippen LogP contribution in [0.5, 0.6) is 0 Å². The molecule has 3 rings (SSSR count). The number of esters is 3. The number of unbranched alkanes of at least 4 members (excludes halogenated alkanes) is 24. The first-order valence-electron chi connectivity index (χ1n) is 28.0. The fourth-order valence-corrected chi connectivity index (χ4v) is 9.38. The van der Waals surface area contributed by atoms with Crippen LogP contribution in [0.25, 0.3) is 0 Å². The van der Waals surface area contributed by atoms with Crippen LogP contribution in [0, 0.1) is 0 Å². The minimum Gasteiger partial charge on any atom is -0.462 e. The maximum Gasteiger partial charge on any atom is 0.306 e. The van der Waals surface area contributed by atoms with Crippen LogP contribution in [0.15, 0.2) is 0 Å².